The van der Waals surface area contributed by atoms with Crippen LogP contribution in [0.3, 0.4) is 0 Å². The number of rotatable bonds is 8. The molecule has 1 N–H and O–H groups in total. The van der Waals surface area contributed by atoms with Crippen molar-refractivity contribution in [2.45, 2.75) is 25.8 Å². The van der Waals surface area contributed by atoms with E-state index in [1.54, 1.807) is 11.1 Å². The van der Waals surface area contributed by atoms with Crippen LogP contribution in [0, 0.1) is 0 Å². The van der Waals surface area contributed by atoms with Crippen molar-refractivity contribution in [3.63, 3.8) is 0 Å². The fourth-order valence-corrected chi connectivity index (χ4v) is 2.55. The fraction of sp³-hybridized carbons (Fsp3) is 0.368. The maximum Gasteiger partial charge on any atom is 0.239 e. The largest absolute Gasteiger partial charge is 0.344 e. The fourth-order valence-electron chi connectivity index (χ4n) is 2.55. The summed E-state index contributed by atoms with van der Waals surface area (Å²) in [4.78, 5) is 18.8. The molecular formula is C19H25N3O. The Labute approximate surface area is 138 Å². The minimum absolute atomic E-state index is 0.131. The summed E-state index contributed by atoms with van der Waals surface area (Å²) in [6, 6.07) is 15.8. The SMILES string of the molecule is CCNC(Cc1ccccc1)C(=O)N(C)CCc1ccccn1. The van der Waals surface area contributed by atoms with E-state index in [4.69, 9.17) is 0 Å². The molecule has 1 atom stereocenters. The van der Waals surface area contributed by atoms with E-state index in [-0.39, 0.29) is 11.9 Å². The molecule has 1 aromatic carbocycles. The van der Waals surface area contributed by atoms with Crippen molar-refractivity contribution in [1.82, 2.24) is 15.2 Å². The van der Waals surface area contributed by atoms with Crippen molar-refractivity contribution in [1.29, 1.82) is 0 Å². The second kappa shape index (κ2) is 9.06. The smallest absolute Gasteiger partial charge is 0.239 e. The highest BCUT2D eigenvalue weighted by Gasteiger charge is 2.21. The number of amides is 1. The van der Waals surface area contributed by atoms with Gasteiger partial charge in [0.15, 0.2) is 0 Å². The summed E-state index contributed by atoms with van der Waals surface area (Å²) in [5.41, 5.74) is 2.18. The van der Waals surface area contributed by atoms with Crippen LogP contribution in [0.1, 0.15) is 18.2 Å². The third-order valence-electron chi connectivity index (χ3n) is 3.84. The molecule has 1 unspecified atom stereocenters. The van der Waals surface area contributed by atoms with Crippen LogP contribution in [0.15, 0.2) is 54.7 Å². The van der Waals surface area contributed by atoms with Crippen molar-refractivity contribution in [3.05, 3.63) is 66.0 Å². The summed E-state index contributed by atoms with van der Waals surface area (Å²) < 4.78 is 0. The third kappa shape index (κ3) is 5.49. The van der Waals surface area contributed by atoms with Gasteiger partial charge in [0.25, 0.3) is 0 Å². The van der Waals surface area contributed by atoms with Gasteiger partial charge in [-0.1, -0.05) is 43.3 Å². The number of hydrogen-bond donors (Lipinski definition) is 1. The Kier molecular flexibility index (Phi) is 6.76. The van der Waals surface area contributed by atoms with Gasteiger partial charge in [0.1, 0.15) is 0 Å². The van der Waals surface area contributed by atoms with Gasteiger partial charge in [0.05, 0.1) is 6.04 Å². The number of aromatic nitrogens is 1. The number of carbonyl (C=O) groups excluding carboxylic acids is 1. The Bertz CT molecular complexity index is 586. The summed E-state index contributed by atoms with van der Waals surface area (Å²) >= 11 is 0. The minimum atomic E-state index is -0.184. The molecule has 2 aromatic rings. The summed E-state index contributed by atoms with van der Waals surface area (Å²) in [5.74, 6) is 0.131. The molecule has 0 saturated carbocycles. The molecule has 0 fully saturated rings. The van der Waals surface area contributed by atoms with Crippen LogP contribution in [0.5, 0.6) is 0 Å². The molecule has 23 heavy (non-hydrogen) atoms. The molecular weight excluding hydrogens is 286 g/mol. The van der Waals surface area contributed by atoms with E-state index in [9.17, 15) is 4.79 Å². The first-order valence-electron chi connectivity index (χ1n) is 8.13. The number of carbonyl (C=O) groups is 1. The van der Waals surface area contributed by atoms with Gasteiger partial charge in [-0.25, -0.2) is 0 Å². The number of hydrogen-bond acceptors (Lipinski definition) is 3. The monoisotopic (exact) mass is 311 g/mol. The number of benzene rings is 1. The predicted octanol–water partition coefficient (Wildman–Crippen LogP) is 2.30. The van der Waals surface area contributed by atoms with Crippen molar-refractivity contribution >= 4 is 5.91 Å². The maximum absolute atomic E-state index is 12.7. The Morgan fingerprint density at radius 3 is 2.57 bits per heavy atom. The van der Waals surface area contributed by atoms with Gasteiger partial charge in [-0.15, -0.1) is 0 Å². The number of nitrogens with one attached hydrogen (secondary N) is 1. The Hall–Kier alpha value is -2.20. The summed E-state index contributed by atoms with van der Waals surface area (Å²) in [6.07, 6.45) is 3.27. The zero-order valence-corrected chi connectivity index (χ0v) is 13.9. The molecule has 0 saturated heterocycles. The maximum atomic E-state index is 12.7. The normalized spacial score (nSPS) is 11.9. The molecule has 1 aromatic heterocycles. The average molecular weight is 311 g/mol. The van der Waals surface area contributed by atoms with Crippen LogP contribution in [0.25, 0.3) is 0 Å². The van der Waals surface area contributed by atoms with Gasteiger partial charge in [0.2, 0.25) is 5.91 Å². The van der Waals surface area contributed by atoms with Gasteiger partial charge in [0, 0.05) is 31.9 Å². The summed E-state index contributed by atoms with van der Waals surface area (Å²) in [6.45, 7) is 3.48. The minimum Gasteiger partial charge on any atom is -0.344 e. The van der Waals surface area contributed by atoms with Crippen molar-refractivity contribution in [2.24, 2.45) is 0 Å². The first-order chi connectivity index (χ1) is 11.2. The standard InChI is InChI=1S/C19H25N3O/c1-3-20-18(15-16-9-5-4-6-10-16)19(23)22(2)14-12-17-11-7-8-13-21-17/h4-11,13,18,20H,3,12,14-15H2,1-2H3. The van der Waals surface area contributed by atoms with Gasteiger partial charge in [-0.05, 0) is 30.7 Å². The highest BCUT2D eigenvalue weighted by Crippen LogP contribution is 2.06. The van der Waals surface area contributed by atoms with Crippen LogP contribution in [0.2, 0.25) is 0 Å². The molecule has 0 aliphatic heterocycles. The molecule has 122 valence electrons. The molecule has 0 radical (unpaired) electrons. The van der Waals surface area contributed by atoms with Crippen LogP contribution in [-0.4, -0.2) is 42.0 Å². The van der Waals surface area contributed by atoms with Crippen LogP contribution in [-0.2, 0) is 17.6 Å². The van der Waals surface area contributed by atoms with E-state index in [2.05, 4.69) is 22.4 Å². The van der Waals surface area contributed by atoms with Crippen molar-refractivity contribution < 1.29 is 4.79 Å². The molecule has 2 rings (SSSR count). The molecule has 0 bridgehead atoms. The van der Waals surface area contributed by atoms with E-state index < -0.39 is 0 Å². The second-order valence-corrected chi connectivity index (χ2v) is 5.63. The number of likely N-dealkylation sites (N-methyl/N-ethyl adjacent to an activating group) is 2. The Balaban J connectivity index is 1.93. The first kappa shape index (κ1) is 17.2. The quantitative estimate of drug-likeness (QED) is 0.813. The Morgan fingerprint density at radius 2 is 1.91 bits per heavy atom. The molecule has 1 heterocycles. The lowest BCUT2D eigenvalue weighted by atomic mass is 10.0. The lowest BCUT2D eigenvalue weighted by Crippen LogP contribution is -2.46. The van der Waals surface area contributed by atoms with Gasteiger partial charge >= 0.3 is 0 Å². The predicted molar refractivity (Wildman–Crippen MR) is 93.2 cm³/mol. The van der Waals surface area contributed by atoms with Crippen LogP contribution >= 0.6 is 0 Å². The topological polar surface area (TPSA) is 45.2 Å². The van der Waals surface area contributed by atoms with Crippen molar-refractivity contribution in [3.8, 4) is 0 Å². The summed E-state index contributed by atoms with van der Waals surface area (Å²) in [5, 5.41) is 3.30. The van der Waals surface area contributed by atoms with E-state index in [0.717, 1.165) is 18.7 Å². The molecule has 0 aliphatic rings. The van der Waals surface area contributed by atoms with Crippen LogP contribution < -0.4 is 5.32 Å². The highest BCUT2D eigenvalue weighted by atomic mass is 16.2. The number of pyridine rings is 1. The zero-order valence-electron chi connectivity index (χ0n) is 13.9. The van der Waals surface area contributed by atoms with Crippen molar-refractivity contribution in [2.75, 3.05) is 20.1 Å². The second-order valence-electron chi connectivity index (χ2n) is 5.63. The number of nitrogens with zero attached hydrogens (tertiary/aromatic N) is 2. The van der Waals surface area contributed by atoms with Gasteiger partial charge in [-0.2, -0.15) is 0 Å². The molecule has 4 nitrogen and oxygen atoms in total. The molecule has 1 amide bonds. The lowest BCUT2D eigenvalue weighted by Gasteiger charge is -2.24. The highest BCUT2D eigenvalue weighted by molar-refractivity contribution is 5.82. The molecule has 0 spiro atoms. The van der Waals surface area contributed by atoms with E-state index >= 15 is 0 Å². The summed E-state index contributed by atoms with van der Waals surface area (Å²) in [7, 11) is 1.86. The lowest BCUT2D eigenvalue weighted by molar-refractivity contribution is -0.132. The van der Waals surface area contributed by atoms with Crippen LogP contribution in [0.4, 0.5) is 0 Å². The van der Waals surface area contributed by atoms with E-state index in [0.29, 0.717) is 13.0 Å². The van der Waals surface area contributed by atoms with E-state index in [1.165, 1.54) is 5.56 Å². The van der Waals surface area contributed by atoms with E-state index in [1.807, 2.05) is 50.4 Å². The zero-order chi connectivity index (χ0) is 16.5. The average Bonchev–Trinajstić information content (AvgIpc) is 2.60. The molecule has 4 heteroatoms. The third-order valence-corrected chi connectivity index (χ3v) is 3.84. The van der Waals surface area contributed by atoms with Gasteiger partial charge in [-0.3, -0.25) is 9.78 Å². The first-order valence-corrected chi connectivity index (χ1v) is 8.13. The van der Waals surface area contributed by atoms with Gasteiger partial charge < -0.3 is 10.2 Å². The molecule has 0 aliphatic carbocycles. The Morgan fingerprint density at radius 1 is 1.17 bits per heavy atom.